The van der Waals surface area contributed by atoms with Gasteiger partial charge in [-0.3, -0.25) is 4.79 Å². The van der Waals surface area contributed by atoms with Crippen molar-refractivity contribution in [1.82, 2.24) is 15.0 Å². The molecule has 1 aliphatic heterocycles. The molecule has 3 aromatic rings. The predicted molar refractivity (Wildman–Crippen MR) is 111 cm³/mol. The smallest absolute Gasteiger partial charge is 0.254 e. The number of nitrogens with zero attached hydrogens (tertiary/aromatic N) is 3. The van der Waals surface area contributed by atoms with E-state index in [0.29, 0.717) is 23.8 Å². The van der Waals surface area contributed by atoms with E-state index < -0.39 is 0 Å². The van der Waals surface area contributed by atoms with Crippen molar-refractivity contribution < 1.29 is 9.32 Å². The van der Waals surface area contributed by atoms with Gasteiger partial charge in [-0.2, -0.15) is 4.98 Å². The molecule has 0 bridgehead atoms. The summed E-state index contributed by atoms with van der Waals surface area (Å²) in [5, 5.41) is 4.14. The molecule has 144 valence electrons. The van der Waals surface area contributed by atoms with Crippen molar-refractivity contribution in [3.05, 3.63) is 70.0 Å². The number of aryl methyl sites for hydroxylation is 1. The van der Waals surface area contributed by atoms with Crippen LogP contribution in [0.15, 0.2) is 57.5 Å². The number of carbonyl (C=O) groups is 1. The molecule has 0 saturated carbocycles. The zero-order chi connectivity index (χ0) is 19.5. The predicted octanol–water partition coefficient (Wildman–Crippen LogP) is 5.43. The Morgan fingerprint density at radius 3 is 2.61 bits per heavy atom. The number of halogens is 1. The van der Waals surface area contributed by atoms with Crippen molar-refractivity contribution in [2.24, 2.45) is 0 Å². The summed E-state index contributed by atoms with van der Waals surface area (Å²) < 4.78 is 6.57. The molecule has 1 unspecified atom stereocenters. The van der Waals surface area contributed by atoms with Crippen molar-refractivity contribution in [2.45, 2.75) is 38.6 Å². The first-order valence-electron chi connectivity index (χ1n) is 9.65. The molecule has 0 N–H and O–H groups in total. The summed E-state index contributed by atoms with van der Waals surface area (Å²) >= 11 is 3.43. The van der Waals surface area contributed by atoms with E-state index in [1.54, 1.807) is 0 Å². The second kappa shape index (κ2) is 8.27. The number of piperidine rings is 1. The highest BCUT2D eigenvalue weighted by molar-refractivity contribution is 9.10. The first-order chi connectivity index (χ1) is 13.7. The molecule has 0 aliphatic carbocycles. The third kappa shape index (κ3) is 3.87. The molecule has 28 heavy (non-hydrogen) atoms. The molecule has 2 aromatic carbocycles. The van der Waals surface area contributed by atoms with Crippen LogP contribution in [0.2, 0.25) is 0 Å². The Bertz CT molecular complexity index is 951. The van der Waals surface area contributed by atoms with E-state index in [9.17, 15) is 4.79 Å². The Morgan fingerprint density at radius 2 is 1.89 bits per heavy atom. The van der Waals surface area contributed by atoms with Crippen LogP contribution < -0.4 is 0 Å². The Kier molecular flexibility index (Phi) is 5.57. The highest BCUT2D eigenvalue weighted by Gasteiger charge is 2.32. The van der Waals surface area contributed by atoms with Crippen LogP contribution >= 0.6 is 15.9 Å². The van der Waals surface area contributed by atoms with E-state index in [4.69, 9.17) is 4.52 Å². The minimum Gasteiger partial charge on any atom is -0.337 e. The topological polar surface area (TPSA) is 59.2 Å². The molecule has 5 nitrogen and oxygen atoms in total. The van der Waals surface area contributed by atoms with Crippen LogP contribution in [0.4, 0.5) is 0 Å². The molecular formula is C22H22BrN3O2. The molecule has 1 amide bonds. The van der Waals surface area contributed by atoms with Gasteiger partial charge in [0.15, 0.2) is 0 Å². The van der Waals surface area contributed by atoms with E-state index in [0.717, 1.165) is 35.7 Å². The molecule has 6 heteroatoms. The van der Waals surface area contributed by atoms with E-state index in [-0.39, 0.29) is 11.9 Å². The van der Waals surface area contributed by atoms with Gasteiger partial charge < -0.3 is 9.42 Å². The lowest BCUT2D eigenvalue weighted by Gasteiger charge is -2.33. The lowest BCUT2D eigenvalue weighted by molar-refractivity contribution is 0.0561. The van der Waals surface area contributed by atoms with Crippen molar-refractivity contribution in [3.8, 4) is 11.4 Å². The van der Waals surface area contributed by atoms with Crippen LogP contribution in [0.25, 0.3) is 11.4 Å². The largest absolute Gasteiger partial charge is 0.337 e. The van der Waals surface area contributed by atoms with Crippen LogP contribution in [0, 0.1) is 0 Å². The average molecular weight is 440 g/mol. The molecule has 4 rings (SSSR count). The van der Waals surface area contributed by atoms with Gasteiger partial charge in [0.2, 0.25) is 11.7 Å². The number of benzene rings is 2. The summed E-state index contributed by atoms with van der Waals surface area (Å²) in [7, 11) is 0. The molecular weight excluding hydrogens is 418 g/mol. The molecule has 0 spiro atoms. The fraction of sp³-hybridized carbons (Fsp3) is 0.318. The number of likely N-dealkylation sites (tertiary alicyclic amines) is 1. The Hall–Kier alpha value is -2.47. The molecule has 2 heterocycles. The summed E-state index contributed by atoms with van der Waals surface area (Å²) in [5.74, 6) is 1.08. The lowest BCUT2D eigenvalue weighted by atomic mass is 10.00. The molecule has 1 saturated heterocycles. The minimum absolute atomic E-state index is 0.0238. The van der Waals surface area contributed by atoms with E-state index in [2.05, 4.69) is 33.0 Å². The van der Waals surface area contributed by atoms with Crippen molar-refractivity contribution in [1.29, 1.82) is 0 Å². The SMILES string of the molecule is CCc1ccc(C(=O)N2CCCCC2c2nc(-c3ccc(Br)cc3)no2)cc1. The maximum atomic E-state index is 13.1. The van der Waals surface area contributed by atoms with Crippen LogP contribution in [0.3, 0.4) is 0 Å². The minimum atomic E-state index is -0.177. The normalized spacial score (nSPS) is 16.9. The maximum absolute atomic E-state index is 13.1. The maximum Gasteiger partial charge on any atom is 0.254 e. The second-order valence-electron chi connectivity index (χ2n) is 7.02. The molecule has 1 atom stereocenters. The lowest BCUT2D eigenvalue weighted by Crippen LogP contribution is -2.38. The molecule has 1 fully saturated rings. The van der Waals surface area contributed by atoms with Gasteiger partial charge in [0.1, 0.15) is 6.04 Å². The van der Waals surface area contributed by atoms with Crippen LogP contribution in [0.5, 0.6) is 0 Å². The van der Waals surface area contributed by atoms with Gasteiger partial charge in [-0.25, -0.2) is 0 Å². The van der Waals surface area contributed by atoms with Gasteiger partial charge in [0.25, 0.3) is 5.91 Å². The Labute approximate surface area is 172 Å². The first-order valence-corrected chi connectivity index (χ1v) is 10.4. The number of rotatable bonds is 4. The fourth-order valence-electron chi connectivity index (χ4n) is 3.57. The van der Waals surface area contributed by atoms with Gasteiger partial charge in [0.05, 0.1) is 0 Å². The summed E-state index contributed by atoms with van der Waals surface area (Å²) in [6.07, 6.45) is 3.82. The van der Waals surface area contributed by atoms with Gasteiger partial charge in [-0.1, -0.05) is 40.1 Å². The molecule has 0 radical (unpaired) electrons. The van der Waals surface area contributed by atoms with E-state index in [1.165, 1.54) is 5.56 Å². The van der Waals surface area contributed by atoms with E-state index in [1.807, 2.05) is 53.4 Å². The van der Waals surface area contributed by atoms with Crippen molar-refractivity contribution in [3.63, 3.8) is 0 Å². The fourth-order valence-corrected chi connectivity index (χ4v) is 3.83. The standard InChI is InChI=1S/C22H22BrN3O2/c1-2-15-6-8-17(9-7-15)22(27)26-14-4-3-5-19(26)21-24-20(25-28-21)16-10-12-18(23)13-11-16/h6-13,19H,2-5,14H2,1H3. The number of amides is 1. The van der Waals surface area contributed by atoms with Gasteiger partial charge in [-0.15, -0.1) is 0 Å². The third-order valence-corrected chi connectivity index (χ3v) is 5.73. The van der Waals surface area contributed by atoms with Gasteiger partial charge in [0, 0.05) is 22.1 Å². The highest BCUT2D eigenvalue weighted by Crippen LogP contribution is 2.32. The Morgan fingerprint density at radius 1 is 1.14 bits per heavy atom. The number of carbonyl (C=O) groups excluding carboxylic acids is 1. The van der Waals surface area contributed by atoms with Crippen molar-refractivity contribution >= 4 is 21.8 Å². The first kappa shape index (κ1) is 18.9. The van der Waals surface area contributed by atoms with Crippen LogP contribution in [-0.2, 0) is 6.42 Å². The highest BCUT2D eigenvalue weighted by atomic mass is 79.9. The molecule has 1 aliphatic rings. The molecule has 1 aromatic heterocycles. The third-order valence-electron chi connectivity index (χ3n) is 5.20. The summed E-state index contributed by atoms with van der Waals surface area (Å²) in [6, 6.07) is 15.5. The Balaban J connectivity index is 1.58. The summed E-state index contributed by atoms with van der Waals surface area (Å²) in [5.41, 5.74) is 2.82. The van der Waals surface area contributed by atoms with E-state index >= 15 is 0 Å². The number of hydrogen-bond acceptors (Lipinski definition) is 4. The zero-order valence-corrected chi connectivity index (χ0v) is 17.4. The summed E-state index contributed by atoms with van der Waals surface area (Å²) in [6.45, 7) is 2.81. The van der Waals surface area contributed by atoms with Crippen LogP contribution in [-0.4, -0.2) is 27.5 Å². The van der Waals surface area contributed by atoms with Crippen molar-refractivity contribution in [2.75, 3.05) is 6.54 Å². The van der Waals surface area contributed by atoms with Crippen LogP contribution in [0.1, 0.15) is 54.0 Å². The monoisotopic (exact) mass is 439 g/mol. The van der Waals surface area contributed by atoms with Gasteiger partial charge >= 0.3 is 0 Å². The second-order valence-corrected chi connectivity index (χ2v) is 7.94. The number of aromatic nitrogens is 2. The zero-order valence-electron chi connectivity index (χ0n) is 15.8. The quantitative estimate of drug-likeness (QED) is 0.543. The number of hydrogen-bond donors (Lipinski definition) is 0. The average Bonchev–Trinajstić information content (AvgIpc) is 3.24. The summed E-state index contributed by atoms with van der Waals surface area (Å²) in [4.78, 5) is 19.6. The van der Waals surface area contributed by atoms with Gasteiger partial charge in [-0.05, 0) is 67.6 Å².